The van der Waals surface area contributed by atoms with Crippen molar-refractivity contribution in [1.82, 2.24) is 9.97 Å². The first kappa shape index (κ1) is 13.9. The molecule has 110 valence electrons. The maximum Gasteiger partial charge on any atom is 0.267 e. The first-order chi connectivity index (χ1) is 10.1. The summed E-state index contributed by atoms with van der Waals surface area (Å²) < 4.78 is 0.492. The monoisotopic (exact) mass is 349 g/mol. The molecule has 0 amide bonds. The Morgan fingerprint density at radius 2 is 1.71 bits per heavy atom. The highest BCUT2D eigenvalue weighted by atomic mass is 79.9. The number of benzene rings is 1. The average molecular weight is 350 g/mol. The molecule has 7 heteroatoms. The fourth-order valence-electron chi connectivity index (χ4n) is 2.46. The van der Waals surface area contributed by atoms with Crippen molar-refractivity contribution in [2.75, 3.05) is 41.7 Å². The summed E-state index contributed by atoms with van der Waals surface area (Å²) in [5.74, 6) is 0.704. The van der Waals surface area contributed by atoms with Gasteiger partial charge in [-0.15, -0.1) is 0 Å². The predicted molar refractivity (Wildman–Crippen MR) is 87.8 cm³/mol. The third kappa shape index (κ3) is 2.87. The van der Waals surface area contributed by atoms with Crippen molar-refractivity contribution in [3.63, 3.8) is 0 Å². The molecule has 2 heterocycles. The van der Waals surface area contributed by atoms with Gasteiger partial charge in [0.05, 0.1) is 6.33 Å². The average Bonchev–Trinajstić information content (AvgIpc) is 2.51. The van der Waals surface area contributed by atoms with Gasteiger partial charge in [0, 0.05) is 37.6 Å². The molecule has 1 aromatic carbocycles. The number of aromatic nitrogens is 2. The summed E-state index contributed by atoms with van der Waals surface area (Å²) in [4.78, 5) is 22.8. The molecule has 1 saturated heterocycles. The summed E-state index contributed by atoms with van der Waals surface area (Å²) in [5, 5.41) is 0. The van der Waals surface area contributed by atoms with Gasteiger partial charge in [-0.25, -0.2) is 4.98 Å². The predicted octanol–water partition coefficient (Wildman–Crippen LogP) is 1.44. The topological polar surface area (TPSA) is 78.2 Å². The second-order valence-corrected chi connectivity index (χ2v) is 5.73. The van der Waals surface area contributed by atoms with Crippen molar-refractivity contribution >= 4 is 33.1 Å². The van der Waals surface area contributed by atoms with Gasteiger partial charge in [-0.1, -0.05) is 0 Å². The maximum atomic E-state index is 11.6. The van der Waals surface area contributed by atoms with Gasteiger partial charge in [-0.3, -0.25) is 4.79 Å². The number of halogens is 1. The summed E-state index contributed by atoms with van der Waals surface area (Å²) in [7, 11) is 0. The second-order valence-electron chi connectivity index (χ2n) is 4.93. The van der Waals surface area contributed by atoms with Crippen molar-refractivity contribution in [1.29, 1.82) is 0 Å². The number of nitrogens with zero attached hydrogens (tertiary/aromatic N) is 3. The van der Waals surface area contributed by atoms with Gasteiger partial charge in [0.2, 0.25) is 0 Å². The zero-order chi connectivity index (χ0) is 14.8. The van der Waals surface area contributed by atoms with Crippen LogP contribution in [-0.4, -0.2) is 36.1 Å². The Hall–Kier alpha value is -2.02. The number of aromatic amines is 1. The molecule has 0 atom stereocenters. The minimum absolute atomic E-state index is 0.152. The van der Waals surface area contributed by atoms with Crippen molar-refractivity contribution in [2.45, 2.75) is 0 Å². The number of nitrogens with two attached hydrogens (primary N) is 1. The van der Waals surface area contributed by atoms with E-state index in [-0.39, 0.29) is 5.56 Å². The Morgan fingerprint density at radius 3 is 2.38 bits per heavy atom. The number of piperazine rings is 1. The third-order valence-electron chi connectivity index (χ3n) is 3.62. The Labute approximate surface area is 130 Å². The van der Waals surface area contributed by atoms with Crippen LogP contribution in [0.3, 0.4) is 0 Å². The smallest absolute Gasteiger partial charge is 0.267 e. The molecule has 0 spiro atoms. The zero-order valence-corrected chi connectivity index (χ0v) is 13.0. The molecule has 21 heavy (non-hydrogen) atoms. The second kappa shape index (κ2) is 5.77. The van der Waals surface area contributed by atoms with Crippen LogP contribution in [0.5, 0.6) is 0 Å². The van der Waals surface area contributed by atoms with Gasteiger partial charge >= 0.3 is 0 Å². The highest BCUT2D eigenvalue weighted by Crippen LogP contribution is 2.23. The van der Waals surface area contributed by atoms with E-state index in [0.717, 1.165) is 31.9 Å². The fourth-order valence-corrected chi connectivity index (χ4v) is 2.92. The molecule has 1 aromatic heterocycles. The molecule has 0 aliphatic carbocycles. The number of nitrogens with one attached hydrogen (secondary N) is 1. The lowest BCUT2D eigenvalue weighted by molar-refractivity contribution is 0.645. The number of rotatable bonds is 2. The van der Waals surface area contributed by atoms with Crippen molar-refractivity contribution in [3.05, 3.63) is 45.4 Å². The number of nitrogen functional groups attached to an aromatic ring is 1. The molecule has 0 radical (unpaired) electrons. The normalized spacial score (nSPS) is 15.3. The fraction of sp³-hybridized carbons (Fsp3) is 0.286. The lowest BCUT2D eigenvalue weighted by atomic mass is 10.2. The van der Waals surface area contributed by atoms with Gasteiger partial charge in [0.1, 0.15) is 10.3 Å². The molecule has 1 aliphatic rings. The van der Waals surface area contributed by atoms with Gasteiger partial charge in [-0.2, -0.15) is 0 Å². The highest BCUT2D eigenvalue weighted by molar-refractivity contribution is 9.10. The minimum atomic E-state index is -0.152. The summed E-state index contributed by atoms with van der Waals surface area (Å²) in [5.41, 5.74) is 7.50. The third-order valence-corrected chi connectivity index (χ3v) is 4.33. The molecule has 0 saturated carbocycles. The quantitative estimate of drug-likeness (QED) is 0.802. The van der Waals surface area contributed by atoms with Crippen molar-refractivity contribution < 1.29 is 0 Å². The number of H-pyrrole nitrogens is 1. The number of hydrogen-bond donors (Lipinski definition) is 2. The molecule has 1 aliphatic heterocycles. The molecular weight excluding hydrogens is 334 g/mol. The van der Waals surface area contributed by atoms with E-state index in [1.165, 1.54) is 12.0 Å². The molecule has 0 unspecified atom stereocenters. The first-order valence-electron chi connectivity index (χ1n) is 6.74. The van der Waals surface area contributed by atoms with Crippen molar-refractivity contribution in [3.8, 4) is 0 Å². The van der Waals surface area contributed by atoms with E-state index in [2.05, 4.69) is 35.7 Å². The Bertz CT molecular complexity index is 677. The van der Waals surface area contributed by atoms with Crippen molar-refractivity contribution in [2.24, 2.45) is 0 Å². The van der Waals surface area contributed by atoms with E-state index in [4.69, 9.17) is 5.73 Å². The molecule has 2 aromatic rings. The molecule has 3 rings (SSSR count). The SMILES string of the molecule is Nc1ccc(N2CCN(c3nc[nH]c(=O)c3Br)CC2)cc1. The largest absolute Gasteiger partial charge is 0.399 e. The van der Waals surface area contributed by atoms with Gasteiger partial charge in [0.25, 0.3) is 5.56 Å². The molecule has 3 N–H and O–H groups in total. The number of hydrogen-bond acceptors (Lipinski definition) is 5. The maximum absolute atomic E-state index is 11.6. The van der Waals surface area contributed by atoms with E-state index >= 15 is 0 Å². The minimum Gasteiger partial charge on any atom is -0.399 e. The van der Waals surface area contributed by atoms with Crippen LogP contribution >= 0.6 is 15.9 Å². The van der Waals surface area contributed by atoms with E-state index < -0.39 is 0 Å². The zero-order valence-electron chi connectivity index (χ0n) is 11.4. The summed E-state index contributed by atoms with van der Waals surface area (Å²) in [6.45, 7) is 3.40. The van der Waals surface area contributed by atoms with Gasteiger partial charge in [-0.05, 0) is 40.2 Å². The highest BCUT2D eigenvalue weighted by Gasteiger charge is 2.20. The van der Waals surface area contributed by atoms with E-state index in [1.54, 1.807) is 0 Å². The van der Waals surface area contributed by atoms with Gasteiger partial charge < -0.3 is 20.5 Å². The Balaban J connectivity index is 1.71. The van der Waals surface area contributed by atoms with Crippen LogP contribution in [-0.2, 0) is 0 Å². The van der Waals surface area contributed by atoms with Crippen LogP contribution < -0.4 is 21.1 Å². The lowest BCUT2D eigenvalue weighted by Crippen LogP contribution is -2.47. The lowest BCUT2D eigenvalue weighted by Gasteiger charge is -2.36. The van der Waals surface area contributed by atoms with Crippen LogP contribution in [0.2, 0.25) is 0 Å². The van der Waals surface area contributed by atoms with E-state index in [1.807, 2.05) is 24.3 Å². The molecule has 0 bridgehead atoms. The van der Waals surface area contributed by atoms with Crippen LogP contribution in [0, 0.1) is 0 Å². The summed E-state index contributed by atoms with van der Waals surface area (Å²) in [6.07, 6.45) is 1.44. The Kier molecular flexibility index (Phi) is 3.83. The standard InChI is InChI=1S/C14H16BrN5O/c15-12-13(17-9-18-14(12)21)20-7-5-19(6-8-20)11-3-1-10(16)2-4-11/h1-4,9H,5-8,16H2,(H,17,18,21). The number of anilines is 3. The summed E-state index contributed by atoms with van der Waals surface area (Å²) in [6, 6.07) is 7.89. The molecule has 1 fully saturated rings. The molecular formula is C14H16BrN5O. The first-order valence-corrected chi connectivity index (χ1v) is 7.53. The van der Waals surface area contributed by atoms with Crippen LogP contribution in [0.15, 0.2) is 39.9 Å². The Morgan fingerprint density at radius 1 is 1.10 bits per heavy atom. The van der Waals surface area contributed by atoms with E-state index in [9.17, 15) is 4.79 Å². The molecule has 6 nitrogen and oxygen atoms in total. The summed E-state index contributed by atoms with van der Waals surface area (Å²) >= 11 is 3.31. The van der Waals surface area contributed by atoms with Crippen LogP contribution in [0.4, 0.5) is 17.2 Å². The van der Waals surface area contributed by atoms with Gasteiger partial charge in [0.15, 0.2) is 0 Å². The van der Waals surface area contributed by atoms with E-state index in [0.29, 0.717) is 10.3 Å². The van der Waals surface area contributed by atoms with Crippen LogP contribution in [0.1, 0.15) is 0 Å². The van der Waals surface area contributed by atoms with Crippen LogP contribution in [0.25, 0.3) is 0 Å².